The molecule has 3 aromatic rings. The van der Waals surface area contributed by atoms with Crippen molar-refractivity contribution in [3.05, 3.63) is 87.5 Å². The summed E-state index contributed by atoms with van der Waals surface area (Å²) >= 11 is 12.5. The van der Waals surface area contributed by atoms with Crippen LogP contribution in [0.5, 0.6) is 11.6 Å². The predicted molar refractivity (Wildman–Crippen MR) is 131 cm³/mol. The lowest BCUT2D eigenvalue weighted by Crippen LogP contribution is -2.52. The molecule has 34 heavy (non-hydrogen) atoms. The Labute approximate surface area is 208 Å². The Bertz CT molecular complexity index is 1210. The molecule has 0 amide bonds. The van der Waals surface area contributed by atoms with Crippen molar-refractivity contribution in [2.24, 2.45) is 5.92 Å². The summed E-state index contributed by atoms with van der Waals surface area (Å²) in [6.07, 6.45) is -1.20. The molecule has 1 fully saturated rings. The molecule has 1 aliphatic heterocycles. The normalized spacial score (nSPS) is 29.6. The molecule has 0 spiro atoms. The van der Waals surface area contributed by atoms with E-state index >= 15 is 0 Å². The Balaban J connectivity index is 1.87. The number of aromatic nitrogens is 1. The van der Waals surface area contributed by atoms with E-state index in [4.69, 9.17) is 32.7 Å². The number of pyridine rings is 1. The summed E-state index contributed by atoms with van der Waals surface area (Å²) in [5.41, 5.74) is -1.35. The number of benzene rings is 2. The molecule has 8 heteroatoms. The number of rotatable bonds is 5. The highest BCUT2D eigenvalue weighted by atomic mass is 35.5. The molecule has 0 saturated heterocycles. The topological polar surface area (TPSA) is 75.0 Å². The molecular formula is C26H26Cl2N2O4. The zero-order valence-corrected chi connectivity index (χ0v) is 20.6. The van der Waals surface area contributed by atoms with E-state index < -0.39 is 23.2 Å². The second-order valence-corrected chi connectivity index (χ2v) is 10.0. The van der Waals surface area contributed by atoms with Gasteiger partial charge in [-0.3, -0.25) is 0 Å². The monoisotopic (exact) mass is 500 g/mol. The van der Waals surface area contributed by atoms with Crippen LogP contribution in [0, 0.1) is 5.92 Å². The van der Waals surface area contributed by atoms with Crippen molar-refractivity contribution >= 4 is 23.2 Å². The number of ether oxygens (including phenoxy) is 2. The summed E-state index contributed by atoms with van der Waals surface area (Å²) in [7, 11) is 5.34. The van der Waals surface area contributed by atoms with E-state index in [-0.39, 0.29) is 17.0 Å². The molecular weight excluding hydrogens is 475 g/mol. The first-order valence-electron chi connectivity index (χ1n) is 11.0. The second kappa shape index (κ2) is 8.40. The van der Waals surface area contributed by atoms with E-state index in [2.05, 4.69) is 4.98 Å². The maximum absolute atomic E-state index is 12.7. The quantitative estimate of drug-likeness (QED) is 0.511. The minimum Gasteiger partial charge on any atom is -0.481 e. The zero-order chi connectivity index (χ0) is 24.3. The number of aliphatic hydroxyl groups excluding tert-OH is 1. The van der Waals surface area contributed by atoms with E-state index in [1.54, 1.807) is 18.2 Å². The number of hydrogen-bond acceptors (Lipinski definition) is 6. The average Bonchev–Trinajstić information content (AvgIpc) is 3.17. The fourth-order valence-electron chi connectivity index (χ4n) is 5.87. The lowest BCUT2D eigenvalue weighted by molar-refractivity contribution is -0.152. The summed E-state index contributed by atoms with van der Waals surface area (Å²) in [4.78, 5) is 6.29. The fraction of sp³-hybridized carbons (Fsp3) is 0.346. The van der Waals surface area contributed by atoms with Crippen LogP contribution >= 0.6 is 23.2 Å². The van der Waals surface area contributed by atoms with Crippen LogP contribution in [0.3, 0.4) is 0 Å². The van der Waals surface area contributed by atoms with E-state index in [0.29, 0.717) is 28.4 Å². The van der Waals surface area contributed by atoms with Crippen molar-refractivity contribution in [2.75, 3.05) is 27.7 Å². The van der Waals surface area contributed by atoms with Crippen molar-refractivity contribution < 1.29 is 19.7 Å². The summed E-state index contributed by atoms with van der Waals surface area (Å²) in [5.74, 6) is -0.352. The van der Waals surface area contributed by atoms with Gasteiger partial charge >= 0.3 is 0 Å². The van der Waals surface area contributed by atoms with E-state index in [0.717, 1.165) is 5.56 Å². The van der Waals surface area contributed by atoms with Crippen molar-refractivity contribution in [1.82, 2.24) is 9.88 Å². The van der Waals surface area contributed by atoms with Gasteiger partial charge in [0.05, 0.1) is 18.8 Å². The Morgan fingerprint density at radius 3 is 2.38 bits per heavy atom. The van der Waals surface area contributed by atoms with Gasteiger partial charge < -0.3 is 24.6 Å². The Morgan fingerprint density at radius 2 is 1.76 bits per heavy atom. The summed E-state index contributed by atoms with van der Waals surface area (Å²) in [6.45, 7) is 0.514. The molecule has 5 atom stereocenters. The summed E-state index contributed by atoms with van der Waals surface area (Å²) in [6, 6.07) is 18.6. The summed E-state index contributed by atoms with van der Waals surface area (Å²) < 4.78 is 12.3. The van der Waals surface area contributed by atoms with Gasteiger partial charge in [-0.25, -0.2) is 4.98 Å². The maximum Gasteiger partial charge on any atom is 0.224 e. The van der Waals surface area contributed by atoms with Crippen LogP contribution in [-0.4, -0.2) is 54.0 Å². The third-order valence-electron chi connectivity index (χ3n) is 7.04. The highest BCUT2D eigenvalue weighted by molar-refractivity contribution is 6.30. The smallest absolute Gasteiger partial charge is 0.224 e. The van der Waals surface area contributed by atoms with Gasteiger partial charge in [0.25, 0.3) is 0 Å². The minimum atomic E-state index is -1.87. The number of methoxy groups -OCH3 is 1. The third-order valence-corrected chi connectivity index (χ3v) is 7.48. The van der Waals surface area contributed by atoms with Gasteiger partial charge in [0.15, 0.2) is 11.2 Å². The van der Waals surface area contributed by atoms with Crippen LogP contribution in [0.2, 0.25) is 10.2 Å². The van der Waals surface area contributed by atoms with Gasteiger partial charge in [-0.15, -0.1) is 0 Å². The van der Waals surface area contributed by atoms with Crippen molar-refractivity contribution in [3.63, 3.8) is 0 Å². The lowest BCUT2D eigenvalue weighted by Gasteiger charge is -2.41. The maximum atomic E-state index is 12.7. The van der Waals surface area contributed by atoms with Crippen LogP contribution in [0.1, 0.15) is 22.6 Å². The second-order valence-electron chi connectivity index (χ2n) is 9.20. The molecule has 2 aromatic carbocycles. The van der Waals surface area contributed by atoms with Crippen LogP contribution in [0.4, 0.5) is 0 Å². The van der Waals surface area contributed by atoms with Gasteiger partial charge in [-0.1, -0.05) is 65.7 Å². The molecule has 1 saturated carbocycles. The van der Waals surface area contributed by atoms with Crippen LogP contribution in [0.25, 0.3) is 0 Å². The standard InChI is InChI=1S/C26H26Cl2N2O4/c1-30(2)14-18-21(15-7-5-4-6-8-15)26(16-9-11-17(27)12-10-16)25(32,23(18)31)22-19(34-26)13-20(28)29-24(22)33-3/h4-13,18,21,23,31-32H,14H2,1-3H3/t18-,21-,23?,25+,26+/m1/s1. The third kappa shape index (κ3) is 3.17. The Morgan fingerprint density at radius 1 is 1.09 bits per heavy atom. The molecule has 0 radical (unpaired) electrons. The average molecular weight is 501 g/mol. The summed E-state index contributed by atoms with van der Waals surface area (Å²) in [5, 5.41) is 25.3. The van der Waals surface area contributed by atoms with Crippen LogP contribution < -0.4 is 9.47 Å². The first-order valence-corrected chi connectivity index (χ1v) is 11.8. The van der Waals surface area contributed by atoms with Crippen LogP contribution in [-0.2, 0) is 11.2 Å². The van der Waals surface area contributed by atoms with Gasteiger partial charge in [0.2, 0.25) is 5.88 Å². The van der Waals surface area contributed by atoms with Crippen molar-refractivity contribution in [3.8, 4) is 11.6 Å². The highest BCUT2D eigenvalue weighted by Crippen LogP contribution is 2.69. The predicted octanol–water partition coefficient (Wildman–Crippen LogP) is 4.21. The van der Waals surface area contributed by atoms with Crippen molar-refractivity contribution in [2.45, 2.75) is 23.2 Å². The molecule has 5 rings (SSSR count). The first-order chi connectivity index (χ1) is 16.2. The molecule has 2 N–H and O–H groups in total. The molecule has 1 unspecified atom stereocenters. The molecule has 178 valence electrons. The van der Waals surface area contributed by atoms with E-state index in [9.17, 15) is 10.2 Å². The van der Waals surface area contributed by atoms with Gasteiger partial charge in [0, 0.05) is 29.5 Å². The van der Waals surface area contributed by atoms with E-state index in [1.807, 2.05) is 61.5 Å². The molecule has 2 aliphatic rings. The minimum absolute atomic E-state index is 0.122. The molecule has 1 aromatic heterocycles. The Hall–Kier alpha value is -2.35. The molecule has 0 bridgehead atoms. The van der Waals surface area contributed by atoms with Crippen LogP contribution in [0.15, 0.2) is 60.7 Å². The number of nitrogens with zero attached hydrogens (tertiary/aromatic N) is 2. The van der Waals surface area contributed by atoms with Gasteiger partial charge in [-0.05, 0) is 37.4 Å². The van der Waals surface area contributed by atoms with Crippen molar-refractivity contribution in [1.29, 1.82) is 0 Å². The largest absolute Gasteiger partial charge is 0.481 e. The fourth-order valence-corrected chi connectivity index (χ4v) is 6.18. The number of fused-ring (bicyclic) bond motifs is 3. The first kappa shape index (κ1) is 23.4. The Kier molecular flexibility index (Phi) is 5.78. The SMILES string of the molecule is COc1nc(Cl)cc2c1[C@]1(O)C(O)[C@H](CN(C)C)[C@@H](c3ccccc3)[C@]1(c1ccc(Cl)cc1)O2. The van der Waals surface area contributed by atoms with E-state index in [1.165, 1.54) is 7.11 Å². The molecule has 1 aliphatic carbocycles. The molecule has 6 nitrogen and oxygen atoms in total. The molecule has 2 heterocycles. The lowest BCUT2D eigenvalue weighted by atomic mass is 9.71. The number of aliphatic hydroxyl groups is 2. The number of hydrogen-bond donors (Lipinski definition) is 2. The number of halogens is 2. The zero-order valence-electron chi connectivity index (χ0n) is 19.1. The van der Waals surface area contributed by atoms with Gasteiger partial charge in [-0.2, -0.15) is 0 Å². The highest BCUT2D eigenvalue weighted by Gasteiger charge is 2.76. The van der Waals surface area contributed by atoms with Gasteiger partial charge in [0.1, 0.15) is 10.9 Å².